The second-order valence-electron chi connectivity index (χ2n) is 7.82. The van der Waals surface area contributed by atoms with E-state index in [1.54, 1.807) is 6.20 Å². The van der Waals surface area contributed by atoms with Crippen molar-refractivity contribution in [3.8, 4) is 11.8 Å². The molecule has 1 aliphatic carbocycles. The van der Waals surface area contributed by atoms with E-state index in [0.29, 0.717) is 50.0 Å². The largest absolute Gasteiger partial charge is 0.490 e. The zero-order valence-electron chi connectivity index (χ0n) is 15.7. The molecule has 0 radical (unpaired) electrons. The minimum absolute atomic E-state index is 0.140. The van der Waals surface area contributed by atoms with Crippen LogP contribution < -0.4 is 9.64 Å². The molecule has 0 spiro atoms. The minimum atomic E-state index is -0.459. The molecule has 2 atom stereocenters. The van der Waals surface area contributed by atoms with Gasteiger partial charge in [0.15, 0.2) is 5.82 Å². The van der Waals surface area contributed by atoms with Crippen LogP contribution in [0, 0.1) is 28.5 Å². The minimum Gasteiger partial charge on any atom is -0.490 e. The number of carbonyl (C=O) groups excluding carboxylic acids is 1. The molecule has 0 aromatic carbocycles. The fourth-order valence-corrected chi connectivity index (χ4v) is 4.52. The van der Waals surface area contributed by atoms with Gasteiger partial charge in [0.1, 0.15) is 24.0 Å². The standard InChI is InChI=1S/C20H19FN6O2/c21-16-9-24-19(25-10-16)27-2-1-20(5-15(20)12-27)18(28)26-3-4-29-17-13(6-22)7-23-8-14(17)11-26/h7-10,15H,1-5,11-12H2/t15-,20+/m0/s1. The highest BCUT2D eigenvalue weighted by Gasteiger charge is 2.63. The number of amides is 1. The lowest BCUT2D eigenvalue weighted by atomic mass is 9.93. The molecule has 2 aliphatic heterocycles. The van der Waals surface area contributed by atoms with Gasteiger partial charge in [-0.25, -0.2) is 14.4 Å². The highest BCUT2D eigenvalue weighted by Crippen LogP contribution is 2.59. The molecular formula is C20H19FN6O2. The number of nitriles is 1. The fourth-order valence-electron chi connectivity index (χ4n) is 4.52. The van der Waals surface area contributed by atoms with E-state index in [2.05, 4.69) is 21.0 Å². The van der Waals surface area contributed by atoms with E-state index < -0.39 is 5.82 Å². The third-order valence-electron chi connectivity index (χ3n) is 6.16. The van der Waals surface area contributed by atoms with E-state index in [9.17, 15) is 14.4 Å². The zero-order chi connectivity index (χ0) is 20.0. The topological polar surface area (TPSA) is 95.2 Å². The van der Waals surface area contributed by atoms with Gasteiger partial charge >= 0.3 is 0 Å². The van der Waals surface area contributed by atoms with Crippen LogP contribution in [0.25, 0.3) is 0 Å². The summed E-state index contributed by atoms with van der Waals surface area (Å²) in [6, 6.07) is 2.10. The van der Waals surface area contributed by atoms with Gasteiger partial charge in [0.05, 0.1) is 30.9 Å². The van der Waals surface area contributed by atoms with E-state index in [1.165, 1.54) is 18.6 Å². The molecule has 5 rings (SSSR count). The van der Waals surface area contributed by atoms with Crippen LogP contribution in [0.4, 0.5) is 10.3 Å². The highest BCUT2D eigenvalue weighted by atomic mass is 19.1. The molecule has 0 N–H and O–H groups in total. The first-order valence-corrected chi connectivity index (χ1v) is 9.62. The molecule has 4 heterocycles. The average Bonchev–Trinajstić information content (AvgIpc) is 3.51. The Balaban J connectivity index is 1.31. The average molecular weight is 394 g/mol. The molecule has 0 unspecified atom stereocenters. The summed E-state index contributed by atoms with van der Waals surface area (Å²) < 4.78 is 18.8. The molecule has 148 valence electrons. The Morgan fingerprint density at radius 3 is 2.86 bits per heavy atom. The third-order valence-corrected chi connectivity index (χ3v) is 6.16. The van der Waals surface area contributed by atoms with E-state index in [4.69, 9.17) is 4.74 Å². The summed E-state index contributed by atoms with van der Waals surface area (Å²) in [6.07, 6.45) is 7.04. The molecule has 1 saturated heterocycles. The van der Waals surface area contributed by atoms with Gasteiger partial charge in [-0.2, -0.15) is 5.26 Å². The number of hydrogen-bond acceptors (Lipinski definition) is 7. The van der Waals surface area contributed by atoms with Gasteiger partial charge in [0.25, 0.3) is 0 Å². The van der Waals surface area contributed by atoms with E-state index >= 15 is 0 Å². The van der Waals surface area contributed by atoms with Crippen molar-refractivity contribution in [2.45, 2.75) is 19.4 Å². The number of fused-ring (bicyclic) bond motifs is 2. The lowest BCUT2D eigenvalue weighted by molar-refractivity contribution is -0.138. The maximum Gasteiger partial charge on any atom is 0.229 e. The number of piperidine rings is 1. The molecule has 2 fully saturated rings. The van der Waals surface area contributed by atoms with Gasteiger partial charge in [0.2, 0.25) is 11.9 Å². The Bertz CT molecular complexity index is 1010. The molecule has 1 saturated carbocycles. The molecule has 9 heteroatoms. The molecule has 3 aliphatic rings. The van der Waals surface area contributed by atoms with Gasteiger partial charge in [-0.15, -0.1) is 0 Å². The van der Waals surface area contributed by atoms with Crippen LogP contribution in [-0.4, -0.2) is 52.0 Å². The number of carbonyl (C=O) groups is 1. The van der Waals surface area contributed by atoms with E-state index in [0.717, 1.165) is 18.4 Å². The van der Waals surface area contributed by atoms with Crippen LogP contribution in [0.5, 0.6) is 5.75 Å². The first-order chi connectivity index (χ1) is 14.1. The second kappa shape index (κ2) is 6.65. The van der Waals surface area contributed by atoms with Gasteiger partial charge in [0, 0.05) is 31.0 Å². The maximum absolute atomic E-state index is 13.4. The lowest BCUT2D eigenvalue weighted by Crippen LogP contribution is -2.45. The van der Waals surface area contributed by atoms with Crippen LogP contribution in [-0.2, 0) is 11.3 Å². The summed E-state index contributed by atoms with van der Waals surface area (Å²) in [5, 5.41) is 9.26. The number of hydrogen-bond donors (Lipinski definition) is 0. The predicted molar refractivity (Wildman–Crippen MR) is 99.2 cm³/mol. The highest BCUT2D eigenvalue weighted by molar-refractivity contribution is 5.86. The first-order valence-electron chi connectivity index (χ1n) is 9.62. The van der Waals surface area contributed by atoms with Crippen molar-refractivity contribution in [2.75, 3.05) is 31.1 Å². The van der Waals surface area contributed by atoms with Gasteiger partial charge in [-0.1, -0.05) is 0 Å². The molecule has 2 aromatic heterocycles. The fraction of sp³-hybridized carbons (Fsp3) is 0.450. The van der Waals surface area contributed by atoms with Gasteiger partial charge in [-0.3, -0.25) is 9.78 Å². The number of nitrogens with zero attached hydrogens (tertiary/aromatic N) is 6. The van der Waals surface area contributed by atoms with Crippen LogP contribution in [0.2, 0.25) is 0 Å². The summed E-state index contributed by atoms with van der Waals surface area (Å²) >= 11 is 0. The quantitative estimate of drug-likeness (QED) is 0.762. The van der Waals surface area contributed by atoms with Gasteiger partial charge < -0.3 is 14.5 Å². The Hall–Kier alpha value is -3.28. The Labute approximate surface area is 166 Å². The van der Waals surface area contributed by atoms with Crippen molar-refractivity contribution in [2.24, 2.45) is 11.3 Å². The van der Waals surface area contributed by atoms with Crippen molar-refractivity contribution in [1.82, 2.24) is 19.9 Å². The second-order valence-corrected chi connectivity index (χ2v) is 7.82. The van der Waals surface area contributed by atoms with Crippen LogP contribution in [0.1, 0.15) is 24.0 Å². The van der Waals surface area contributed by atoms with Crippen molar-refractivity contribution >= 4 is 11.9 Å². The predicted octanol–water partition coefficient (Wildman–Crippen LogP) is 1.52. The third kappa shape index (κ3) is 2.95. The Morgan fingerprint density at radius 1 is 1.28 bits per heavy atom. The van der Waals surface area contributed by atoms with Crippen LogP contribution in [0.15, 0.2) is 24.8 Å². The van der Waals surface area contributed by atoms with E-state index in [1.807, 2.05) is 9.80 Å². The molecule has 2 aromatic rings. The van der Waals surface area contributed by atoms with Crippen molar-refractivity contribution < 1.29 is 13.9 Å². The van der Waals surface area contributed by atoms with Crippen LogP contribution >= 0.6 is 0 Å². The maximum atomic E-state index is 13.4. The van der Waals surface area contributed by atoms with E-state index in [-0.39, 0.29) is 17.2 Å². The molecule has 1 amide bonds. The van der Waals surface area contributed by atoms with Crippen LogP contribution in [0.3, 0.4) is 0 Å². The van der Waals surface area contributed by atoms with Crippen molar-refractivity contribution in [3.05, 3.63) is 41.7 Å². The SMILES string of the molecule is N#Cc1cncc2c1OCCN(C(=O)[C@@]13CCN(c4ncc(F)cn4)C[C@@H]1C3)C2. The first kappa shape index (κ1) is 17.8. The number of rotatable bonds is 2. The Morgan fingerprint density at radius 2 is 2.10 bits per heavy atom. The molecule has 29 heavy (non-hydrogen) atoms. The monoisotopic (exact) mass is 394 g/mol. The van der Waals surface area contributed by atoms with Crippen molar-refractivity contribution in [1.29, 1.82) is 5.26 Å². The number of halogens is 1. The zero-order valence-corrected chi connectivity index (χ0v) is 15.7. The van der Waals surface area contributed by atoms with Crippen molar-refractivity contribution in [3.63, 3.8) is 0 Å². The molecule has 0 bridgehead atoms. The summed E-state index contributed by atoms with van der Waals surface area (Å²) in [5.41, 5.74) is 0.814. The summed E-state index contributed by atoms with van der Waals surface area (Å²) in [5.74, 6) is 0.961. The Kier molecular flexibility index (Phi) is 4.08. The lowest BCUT2D eigenvalue weighted by Gasteiger charge is -2.33. The van der Waals surface area contributed by atoms with Gasteiger partial charge in [-0.05, 0) is 18.8 Å². The number of pyridine rings is 1. The number of aromatic nitrogens is 3. The summed E-state index contributed by atoms with van der Waals surface area (Å²) in [7, 11) is 0. The molecular weight excluding hydrogens is 375 g/mol. The smallest absolute Gasteiger partial charge is 0.229 e. The number of ether oxygens (including phenoxy) is 1. The number of anilines is 1. The normalized spacial score (nSPS) is 25.2. The summed E-state index contributed by atoms with van der Waals surface area (Å²) in [6.45, 7) is 2.59. The summed E-state index contributed by atoms with van der Waals surface area (Å²) in [4.78, 5) is 29.5. The molecule has 8 nitrogen and oxygen atoms in total.